The van der Waals surface area contributed by atoms with Crippen LogP contribution in [0.3, 0.4) is 0 Å². The molecule has 0 saturated carbocycles. The zero-order chi connectivity index (χ0) is 17.6. The molecule has 1 heterocycles. The lowest BCUT2D eigenvalue weighted by atomic mass is 9.99. The molecule has 0 aliphatic carbocycles. The van der Waals surface area contributed by atoms with Crippen LogP contribution >= 0.6 is 0 Å². The zero-order valence-corrected chi connectivity index (χ0v) is 16.6. The van der Waals surface area contributed by atoms with Crippen molar-refractivity contribution in [1.29, 1.82) is 0 Å². The van der Waals surface area contributed by atoms with Gasteiger partial charge in [0.05, 0.1) is 0 Å². The van der Waals surface area contributed by atoms with E-state index in [0.717, 1.165) is 25.0 Å². The van der Waals surface area contributed by atoms with Gasteiger partial charge in [0.15, 0.2) is 5.96 Å². The molecule has 5 heteroatoms. The van der Waals surface area contributed by atoms with Gasteiger partial charge < -0.3 is 20.4 Å². The summed E-state index contributed by atoms with van der Waals surface area (Å²) < 4.78 is 0. The molecule has 1 rings (SSSR count). The third-order valence-electron chi connectivity index (χ3n) is 5.11. The van der Waals surface area contributed by atoms with Gasteiger partial charge in [0.1, 0.15) is 0 Å². The van der Waals surface area contributed by atoms with Gasteiger partial charge in [-0.2, -0.15) is 0 Å². The molecule has 1 fully saturated rings. The zero-order valence-electron chi connectivity index (χ0n) is 16.6. The van der Waals surface area contributed by atoms with E-state index in [2.05, 4.69) is 46.3 Å². The lowest BCUT2D eigenvalue weighted by Crippen LogP contribution is -2.44. The number of hydrogen-bond donors (Lipinski definition) is 2. The third kappa shape index (κ3) is 9.48. The molecule has 5 nitrogen and oxygen atoms in total. The van der Waals surface area contributed by atoms with Gasteiger partial charge in [0.25, 0.3) is 0 Å². The van der Waals surface area contributed by atoms with Crippen LogP contribution in [0.5, 0.6) is 0 Å². The number of piperazine rings is 1. The van der Waals surface area contributed by atoms with Gasteiger partial charge in [0, 0.05) is 46.3 Å². The molecule has 1 saturated heterocycles. The normalized spacial score (nSPS) is 18.6. The molecular formula is C19H41N5. The summed E-state index contributed by atoms with van der Waals surface area (Å²) in [5, 5.41) is 6.96. The van der Waals surface area contributed by atoms with Crippen molar-refractivity contribution in [2.75, 3.05) is 59.9 Å². The van der Waals surface area contributed by atoms with Gasteiger partial charge in [-0.25, -0.2) is 0 Å². The Morgan fingerprint density at radius 1 is 1.04 bits per heavy atom. The average Bonchev–Trinajstić information content (AvgIpc) is 2.61. The second kappa shape index (κ2) is 13.5. The first-order valence-electron chi connectivity index (χ1n) is 10.0. The van der Waals surface area contributed by atoms with E-state index in [0.29, 0.717) is 0 Å². The monoisotopic (exact) mass is 339 g/mol. The van der Waals surface area contributed by atoms with Gasteiger partial charge in [-0.05, 0) is 38.8 Å². The Kier molecular flexibility index (Phi) is 11.9. The molecule has 0 amide bonds. The fourth-order valence-electron chi connectivity index (χ4n) is 3.14. The topological polar surface area (TPSA) is 42.9 Å². The quantitative estimate of drug-likeness (QED) is 0.345. The molecule has 142 valence electrons. The molecule has 0 aromatic rings. The highest BCUT2D eigenvalue weighted by Gasteiger charge is 2.12. The Labute approximate surface area is 150 Å². The van der Waals surface area contributed by atoms with E-state index >= 15 is 0 Å². The lowest BCUT2D eigenvalue weighted by Gasteiger charge is -2.32. The SMILES string of the molecule is CCCCC(CC)CNC(=NC)NCCCCN1CCN(C)CC1. The van der Waals surface area contributed by atoms with Crippen LogP contribution in [0.4, 0.5) is 0 Å². The molecule has 1 atom stereocenters. The molecule has 1 aliphatic heterocycles. The number of nitrogens with one attached hydrogen (secondary N) is 2. The van der Waals surface area contributed by atoms with E-state index < -0.39 is 0 Å². The molecule has 0 aromatic carbocycles. The number of hydrogen-bond acceptors (Lipinski definition) is 3. The minimum atomic E-state index is 0.765. The number of nitrogens with zero attached hydrogens (tertiary/aromatic N) is 3. The highest BCUT2D eigenvalue weighted by Crippen LogP contribution is 2.11. The Bertz CT molecular complexity index is 324. The third-order valence-corrected chi connectivity index (χ3v) is 5.11. The summed E-state index contributed by atoms with van der Waals surface area (Å²) in [4.78, 5) is 9.35. The predicted molar refractivity (Wildman–Crippen MR) is 106 cm³/mol. The van der Waals surface area contributed by atoms with Gasteiger partial charge in [-0.1, -0.05) is 33.1 Å². The maximum atomic E-state index is 4.35. The van der Waals surface area contributed by atoms with Crippen LogP contribution in [-0.4, -0.2) is 75.7 Å². The Balaban J connectivity index is 2.07. The fraction of sp³-hybridized carbons (Fsp3) is 0.947. The molecule has 0 spiro atoms. The van der Waals surface area contributed by atoms with Gasteiger partial charge in [-0.15, -0.1) is 0 Å². The Hall–Kier alpha value is -0.810. The first kappa shape index (κ1) is 21.2. The van der Waals surface area contributed by atoms with Crippen LogP contribution in [0.1, 0.15) is 52.4 Å². The van der Waals surface area contributed by atoms with Crippen LogP contribution in [0.15, 0.2) is 4.99 Å². The second-order valence-electron chi connectivity index (χ2n) is 7.15. The molecule has 2 N–H and O–H groups in total. The van der Waals surface area contributed by atoms with Crippen LogP contribution in [0, 0.1) is 5.92 Å². The van der Waals surface area contributed by atoms with E-state index in [1.807, 2.05) is 7.05 Å². The summed E-state index contributed by atoms with van der Waals surface area (Å²) in [6, 6.07) is 0. The van der Waals surface area contributed by atoms with E-state index in [-0.39, 0.29) is 0 Å². The van der Waals surface area contributed by atoms with Crippen LogP contribution in [-0.2, 0) is 0 Å². The first-order chi connectivity index (χ1) is 11.7. The number of aliphatic imine (C=N–C) groups is 1. The summed E-state index contributed by atoms with van der Waals surface area (Å²) in [5.41, 5.74) is 0. The Morgan fingerprint density at radius 2 is 1.79 bits per heavy atom. The number of likely N-dealkylation sites (N-methyl/N-ethyl adjacent to an activating group) is 1. The fourth-order valence-corrected chi connectivity index (χ4v) is 3.14. The molecule has 0 bridgehead atoms. The molecular weight excluding hydrogens is 298 g/mol. The van der Waals surface area contributed by atoms with E-state index in [1.54, 1.807) is 0 Å². The van der Waals surface area contributed by atoms with Gasteiger partial charge in [-0.3, -0.25) is 4.99 Å². The van der Waals surface area contributed by atoms with Crippen molar-refractivity contribution in [3.63, 3.8) is 0 Å². The van der Waals surface area contributed by atoms with E-state index in [4.69, 9.17) is 0 Å². The van der Waals surface area contributed by atoms with Gasteiger partial charge >= 0.3 is 0 Å². The number of guanidine groups is 1. The summed E-state index contributed by atoms with van der Waals surface area (Å²) in [6.07, 6.45) is 7.66. The van der Waals surface area contributed by atoms with Crippen LogP contribution in [0.2, 0.25) is 0 Å². The lowest BCUT2D eigenvalue weighted by molar-refractivity contribution is 0.152. The molecule has 0 aromatic heterocycles. The largest absolute Gasteiger partial charge is 0.356 e. The molecule has 0 radical (unpaired) electrons. The molecule has 1 aliphatic rings. The highest BCUT2D eigenvalue weighted by molar-refractivity contribution is 5.79. The minimum absolute atomic E-state index is 0.765. The molecule has 24 heavy (non-hydrogen) atoms. The van der Waals surface area contributed by atoms with Crippen molar-refractivity contribution < 1.29 is 0 Å². The smallest absolute Gasteiger partial charge is 0.190 e. The standard InChI is InChI=1S/C19H41N5/c1-5-7-10-18(6-2)17-22-19(20-3)21-11-8-9-12-24-15-13-23(4)14-16-24/h18H,5-17H2,1-4H3,(H2,20,21,22). The van der Waals surface area contributed by atoms with E-state index in [9.17, 15) is 0 Å². The highest BCUT2D eigenvalue weighted by atomic mass is 15.2. The number of unbranched alkanes of at least 4 members (excludes halogenated alkanes) is 2. The maximum absolute atomic E-state index is 4.35. The summed E-state index contributed by atoms with van der Waals surface area (Å²) in [7, 11) is 4.08. The van der Waals surface area contributed by atoms with Crippen molar-refractivity contribution in [2.24, 2.45) is 10.9 Å². The molecule has 1 unspecified atom stereocenters. The summed E-state index contributed by atoms with van der Waals surface area (Å²) in [6.45, 7) is 12.7. The first-order valence-corrected chi connectivity index (χ1v) is 10.0. The summed E-state index contributed by atoms with van der Waals surface area (Å²) in [5.74, 6) is 1.73. The van der Waals surface area contributed by atoms with E-state index in [1.165, 1.54) is 71.2 Å². The maximum Gasteiger partial charge on any atom is 0.190 e. The predicted octanol–water partition coefficient (Wildman–Crippen LogP) is 2.40. The van der Waals surface area contributed by atoms with Crippen molar-refractivity contribution in [2.45, 2.75) is 52.4 Å². The van der Waals surface area contributed by atoms with Crippen molar-refractivity contribution >= 4 is 5.96 Å². The Morgan fingerprint density at radius 3 is 2.42 bits per heavy atom. The second-order valence-corrected chi connectivity index (χ2v) is 7.15. The van der Waals surface area contributed by atoms with Crippen molar-refractivity contribution in [3.05, 3.63) is 0 Å². The van der Waals surface area contributed by atoms with Gasteiger partial charge in [0.2, 0.25) is 0 Å². The summed E-state index contributed by atoms with van der Waals surface area (Å²) >= 11 is 0. The number of rotatable bonds is 11. The van der Waals surface area contributed by atoms with Crippen molar-refractivity contribution in [1.82, 2.24) is 20.4 Å². The van der Waals surface area contributed by atoms with Crippen LogP contribution in [0.25, 0.3) is 0 Å². The minimum Gasteiger partial charge on any atom is -0.356 e. The van der Waals surface area contributed by atoms with Crippen molar-refractivity contribution in [3.8, 4) is 0 Å². The average molecular weight is 340 g/mol. The van der Waals surface area contributed by atoms with Crippen LogP contribution < -0.4 is 10.6 Å².